The third kappa shape index (κ3) is 27.0. The van der Waals surface area contributed by atoms with Crippen LogP contribution in [0.4, 0.5) is 0 Å². The molecular weight excluding hydrogens is 354 g/mol. The number of carbonyl (C=O) groups excluding carboxylic acids is 2. The minimum absolute atomic E-state index is 0. The average molecular weight is 390 g/mol. The molecule has 0 spiro atoms. The second-order valence-corrected chi connectivity index (χ2v) is 5.88. The van der Waals surface area contributed by atoms with E-state index in [0.29, 0.717) is 12.2 Å². The van der Waals surface area contributed by atoms with Crippen LogP contribution in [0, 0.1) is 0 Å². The lowest BCUT2D eigenvalue weighted by Gasteiger charge is -2.26. The smallest absolute Gasteiger partial charge is 0.332 e. The van der Waals surface area contributed by atoms with Gasteiger partial charge in [-0.25, -0.2) is 9.59 Å². The molecule has 5 nitrogen and oxygen atoms in total. The van der Waals surface area contributed by atoms with Crippen molar-refractivity contribution in [1.82, 2.24) is 0 Å². The standard InChI is InChI=1S/C8H16N.C7H12O2.C5H8O2.ClH/c1-5-7-9(3,4)8-6-2;1-3-5-6-9-7(8)4-2;1-4(2)5(6)7-3;/h5-6H,1-2,7-8H2,3-4H3;4H,2-3,5-6H2,1H3;1H2,2-3H3;1H/q+1;;;/p-1. The van der Waals surface area contributed by atoms with Crippen LogP contribution in [0.1, 0.15) is 26.7 Å². The first-order valence-corrected chi connectivity index (χ1v) is 8.18. The van der Waals surface area contributed by atoms with Crippen molar-refractivity contribution >= 4 is 11.9 Å². The number of hydrogen-bond acceptors (Lipinski definition) is 4. The minimum Gasteiger partial charge on any atom is -1.00 e. The molecule has 0 aromatic carbocycles. The van der Waals surface area contributed by atoms with E-state index in [4.69, 9.17) is 0 Å². The van der Waals surface area contributed by atoms with E-state index in [1.165, 1.54) is 13.2 Å². The maximum atomic E-state index is 10.3. The molecule has 6 heteroatoms. The van der Waals surface area contributed by atoms with E-state index in [-0.39, 0.29) is 24.3 Å². The predicted molar refractivity (Wildman–Crippen MR) is 105 cm³/mol. The summed E-state index contributed by atoms with van der Waals surface area (Å²) in [5.74, 6) is -0.677. The number of quaternary nitrogens is 1. The zero-order valence-corrected chi connectivity index (χ0v) is 17.8. The Bertz CT molecular complexity index is 420. The van der Waals surface area contributed by atoms with Gasteiger partial charge < -0.3 is 26.4 Å². The van der Waals surface area contributed by atoms with E-state index in [0.717, 1.165) is 30.4 Å². The number of ether oxygens (including phenoxy) is 2. The molecule has 0 N–H and O–H groups in total. The van der Waals surface area contributed by atoms with E-state index in [9.17, 15) is 9.59 Å². The Balaban J connectivity index is -0.000000138. The van der Waals surface area contributed by atoms with Gasteiger partial charge in [-0.05, 0) is 25.5 Å². The molecule has 0 heterocycles. The van der Waals surface area contributed by atoms with Crippen molar-refractivity contribution < 1.29 is 36.0 Å². The Morgan fingerprint density at radius 1 is 1.08 bits per heavy atom. The van der Waals surface area contributed by atoms with Crippen LogP contribution in [-0.4, -0.2) is 57.3 Å². The third-order valence-corrected chi connectivity index (χ3v) is 2.69. The number of methoxy groups -OCH3 is 1. The van der Waals surface area contributed by atoms with Gasteiger partial charge in [-0.1, -0.05) is 39.7 Å². The first-order valence-electron chi connectivity index (χ1n) is 8.18. The zero-order valence-electron chi connectivity index (χ0n) is 17.1. The molecule has 0 amide bonds. The van der Waals surface area contributed by atoms with Gasteiger partial charge in [-0.15, -0.1) is 0 Å². The lowest BCUT2D eigenvalue weighted by molar-refractivity contribution is -0.878. The fourth-order valence-electron chi connectivity index (χ4n) is 1.32. The molecule has 152 valence electrons. The molecule has 0 fully saturated rings. The summed E-state index contributed by atoms with van der Waals surface area (Å²) in [6.45, 7) is 20.1. The molecule has 0 unspecified atom stereocenters. The first-order chi connectivity index (χ1) is 11.6. The maximum absolute atomic E-state index is 10.3. The number of nitrogens with zero attached hydrogens (tertiary/aromatic N) is 1. The average Bonchev–Trinajstić information content (AvgIpc) is 2.55. The Morgan fingerprint density at radius 3 is 1.77 bits per heavy atom. The molecule has 26 heavy (non-hydrogen) atoms. The van der Waals surface area contributed by atoms with E-state index in [1.807, 2.05) is 19.1 Å². The number of carbonyl (C=O) groups is 2. The molecular formula is C20H36ClNO4. The van der Waals surface area contributed by atoms with Crippen LogP contribution < -0.4 is 12.4 Å². The van der Waals surface area contributed by atoms with Gasteiger partial charge in [-0.2, -0.15) is 0 Å². The van der Waals surface area contributed by atoms with Crippen molar-refractivity contribution in [3.05, 3.63) is 50.1 Å². The van der Waals surface area contributed by atoms with Crippen LogP contribution in [-0.2, 0) is 19.1 Å². The molecule has 0 atom stereocenters. The normalized spacial score (nSPS) is 8.81. The number of hydrogen-bond donors (Lipinski definition) is 0. The summed E-state index contributed by atoms with van der Waals surface area (Å²) in [4.78, 5) is 20.5. The number of rotatable bonds is 9. The fourth-order valence-corrected chi connectivity index (χ4v) is 1.32. The molecule has 0 radical (unpaired) electrons. The molecule has 0 aromatic heterocycles. The SMILES string of the molecule is C=C(C)C(=O)OC.C=CC(=O)OCCCC.C=CC[N+](C)(C)CC=C.[Cl-]. The predicted octanol–water partition coefficient (Wildman–Crippen LogP) is 0.690. The van der Waals surface area contributed by atoms with Gasteiger partial charge in [0.2, 0.25) is 0 Å². The summed E-state index contributed by atoms with van der Waals surface area (Å²) in [5.41, 5.74) is 0.433. The Kier molecular flexibility index (Phi) is 26.0. The fraction of sp³-hybridized carbons (Fsp3) is 0.500. The molecule has 0 aromatic rings. The van der Waals surface area contributed by atoms with Crippen LogP contribution in [0.25, 0.3) is 0 Å². The second kappa shape index (κ2) is 21.2. The van der Waals surface area contributed by atoms with Gasteiger partial charge in [0.1, 0.15) is 0 Å². The van der Waals surface area contributed by atoms with Gasteiger partial charge in [0.15, 0.2) is 0 Å². The van der Waals surface area contributed by atoms with Crippen molar-refractivity contribution in [2.24, 2.45) is 0 Å². The second-order valence-electron chi connectivity index (χ2n) is 5.88. The van der Waals surface area contributed by atoms with Gasteiger partial charge in [0.25, 0.3) is 0 Å². The highest BCUT2D eigenvalue weighted by atomic mass is 35.5. The van der Waals surface area contributed by atoms with Crippen LogP contribution in [0.2, 0.25) is 0 Å². The Morgan fingerprint density at radius 2 is 1.54 bits per heavy atom. The highest BCUT2D eigenvalue weighted by molar-refractivity contribution is 5.86. The number of unbranched alkanes of at least 4 members (excludes halogenated alkanes) is 1. The van der Waals surface area contributed by atoms with E-state index in [2.05, 4.69) is 49.9 Å². The molecule has 0 saturated heterocycles. The van der Waals surface area contributed by atoms with Crippen LogP contribution in [0.3, 0.4) is 0 Å². The van der Waals surface area contributed by atoms with Gasteiger partial charge in [0, 0.05) is 11.6 Å². The summed E-state index contributed by atoms with van der Waals surface area (Å²) in [6, 6.07) is 0. The summed E-state index contributed by atoms with van der Waals surface area (Å²) in [7, 11) is 5.64. The monoisotopic (exact) mass is 389 g/mol. The van der Waals surface area contributed by atoms with Gasteiger partial charge in [-0.3, -0.25) is 0 Å². The first kappa shape index (κ1) is 31.9. The topological polar surface area (TPSA) is 52.6 Å². The van der Waals surface area contributed by atoms with E-state index in [1.54, 1.807) is 6.92 Å². The van der Waals surface area contributed by atoms with E-state index < -0.39 is 0 Å². The molecule has 0 aliphatic carbocycles. The van der Waals surface area contributed by atoms with Gasteiger partial charge >= 0.3 is 11.9 Å². The molecule has 0 rings (SSSR count). The lowest BCUT2D eigenvalue weighted by atomic mass is 10.4. The van der Waals surface area contributed by atoms with Crippen LogP contribution in [0.15, 0.2) is 50.1 Å². The van der Waals surface area contributed by atoms with Gasteiger partial charge in [0.05, 0.1) is 40.9 Å². The van der Waals surface area contributed by atoms with Crippen molar-refractivity contribution in [3.63, 3.8) is 0 Å². The van der Waals surface area contributed by atoms with Crippen molar-refractivity contribution in [2.45, 2.75) is 26.7 Å². The molecule has 0 saturated carbocycles. The minimum atomic E-state index is -0.347. The summed E-state index contributed by atoms with van der Waals surface area (Å²) < 4.78 is 9.90. The summed E-state index contributed by atoms with van der Waals surface area (Å²) in [6.07, 6.45) is 7.02. The lowest BCUT2D eigenvalue weighted by Crippen LogP contribution is -3.00. The number of likely N-dealkylation sites (N-methyl/N-ethyl adjacent to an activating group) is 1. The highest BCUT2D eigenvalue weighted by Gasteiger charge is 2.07. The van der Waals surface area contributed by atoms with Crippen LogP contribution in [0.5, 0.6) is 0 Å². The molecule has 0 aliphatic rings. The molecule has 0 bridgehead atoms. The van der Waals surface area contributed by atoms with Crippen molar-refractivity contribution in [1.29, 1.82) is 0 Å². The third-order valence-electron chi connectivity index (χ3n) is 2.69. The van der Waals surface area contributed by atoms with Crippen LogP contribution >= 0.6 is 0 Å². The summed E-state index contributed by atoms with van der Waals surface area (Å²) >= 11 is 0. The maximum Gasteiger partial charge on any atom is 0.332 e. The largest absolute Gasteiger partial charge is 1.00 e. The number of halogens is 1. The zero-order chi connectivity index (χ0) is 20.3. The quantitative estimate of drug-likeness (QED) is 0.191. The van der Waals surface area contributed by atoms with Crippen molar-refractivity contribution in [2.75, 3.05) is 40.9 Å². The molecule has 0 aliphatic heterocycles. The Hall–Kier alpha value is -1.85. The highest BCUT2D eigenvalue weighted by Crippen LogP contribution is 1.95. The summed E-state index contributed by atoms with van der Waals surface area (Å²) in [5, 5.41) is 0. The number of esters is 2. The van der Waals surface area contributed by atoms with E-state index >= 15 is 0 Å². The van der Waals surface area contributed by atoms with Crippen molar-refractivity contribution in [3.8, 4) is 0 Å². The Labute approximate surface area is 166 Å².